The normalized spacial score (nSPS) is 21.1. The van der Waals surface area contributed by atoms with E-state index >= 15 is 0 Å². The van der Waals surface area contributed by atoms with Gasteiger partial charge in [-0.25, -0.2) is 0 Å². The number of ether oxygens (including phenoxy) is 1. The van der Waals surface area contributed by atoms with Gasteiger partial charge in [0.25, 0.3) is 5.91 Å². The molecular formula is C22H28N2O2S. The van der Waals surface area contributed by atoms with Crippen LogP contribution in [0.15, 0.2) is 36.4 Å². The molecule has 0 N–H and O–H groups in total. The van der Waals surface area contributed by atoms with Crippen LogP contribution in [0.2, 0.25) is 0 Å². The molecule has 2 fully saturated rings. The number of thioether (sulfide) groups is 1. The molecule has 0 spiro atoms. The molecule has 0 aliphatic carbocycles. The van der Waals surface area contributed by atoms with E-state index in [4.69, 9.17) is 4.74 Å². The number of carbonyl (C=O) groups excluding carboxylic acids is 1. The van der Waals surface area contributed by atoms with Crippen molar-refractivity contribution >= 4 is 28.4 Å². The van der Waals surface area contributed by atoms with Crippen LogP contribution in [0.5, 0.6) is 5.75 Å². The van der Waals surface area contributed by atoms with E-state index in [1.54, 1.807) is 0 Å². The number of amides is 1. The Kier molecular flexibility index (Phi) is 5.60. The SMILES string of the molecule is CC(C)N1CCC(Oc2ccc3cc(C(=O)N4CCSCC4)ccc3c2)C1. The molecule has 1 amide bonds. The molecule has 2 aromatic carbocycles. The minimum Gasteiger partial charge on any atom is -0.489 e. The minimum atomic E-state index is 0.150. The van der Waals surface area contributed by atoms with E-state index in [1.165, 1.54) is 0 Å². The molecule has 2 aromatic rings. The summed E-state index contributed by atoms with van der Waals surface area (Å²) >= 11 is 1.92. The number of likely N-dealkylation sites (tertiary alicyclic amines) is 1. The van der Waals surface area contributed by atoms with Crippen molar-refractivity contribution in [3.63, 3.8) is 0 Å². The molecule has 2 aliphatic rings. The lowest BCUT2D eigenvalue weighted by atomic mass is 10.1. The third-order valence-corrected chi connectivity index (χ3v) is 6.51. The molecule has 5 heteroatoms. The number of nitrogens with zero attached hydrogens (tertiary/aromatic N) is 2. The van der Waals surface area contributed by atoms with Crippen LogP contribution in [0.3, 0.4) is 0 Å². The number of fused-ring (bicyclic) bond motifs is 1. The van der Waals surface area contributed by atoms with Crippen LogP contribution in [0.4, 0.5) is 0 Å². The average molecular weight is 385 g/mol. The van der Waals surface area contributed by atoms with Gasteiger partial charge in [-0.15, -0.1) is 0 Å². The first kappa shape index (κ1) is 18.6. The predicted molar refractivity (Wildman–Crippen MR) is 113 cm³/mol. The highest BCUT2D eigenvalue weighted by molar-refractivity contribution is 7.99. The first-order valence-corrected chi connectivity index (χ1v) is 11.1. The van der Waals surface area contributed by atoms with Crippen LogP contribution in [0.1, 0.15) is 30.6 Å². The van der Waals surface area contributed by atoms with Crippen molar-refractivity contribution in [1.29, 1.82) is 0 Å². The molecule has 2 heterocycles. The summed E-state index contributed by atoms with van der Waals surface area (Å²) in [6.45, 7) is 8.28. The van der Waals surface area contributed by atoms with E-state index in [2.05, 4.69) is 30.9 Å². The fourth-order valence-electron chi connectivity index (χ4n) is 3.89. The number of hydrogen-bond donors (Lipinski definition) is 0. The van der Waals surface area contributed by atoms with E-state index in [0.717, 1.165) is 66.2 Å². The van der Waals surface area contributed by atoms with Crippen LogP contribution in [0.25, 0.3) is 10.8 Å². The summed E-state index contributed by atoms with van der Waals surface area (Å²) < 4.78 is 6.22. The maximum atomic E-state index is 12.7. The van der Waals surface area contributed by atoms with Crippen molar-refractivity contribution in [2.45, 2.75) is 32.4 Å². The molecule has 2 aliphatic heterocycles. The van der Waals surface area contributed by atoms with Crippen LogP contribution < -0.4 is 4.74 Å². The van der Waals surface area contributed by atoms with Gasteiger partial charge in [0.2, 0.25) is 0 Å². The monoisotopic (exact) mass is 384 g/mol. The van der Waals surface area contributed by atoms with Gasteiger partial charge >= 0.3 is 0 Å². The van der Waals surface area contributed by atoms with Crippen molar-refractivity contribution < 1.29 is 9.53 Å². The molecular weight excluding hydrogens is 356 g/mol. The smallest absolute Gasteiger partial charge is 0.253 e. The molecule has 0 bridgehead atoms. The standard InChI is InChI=1S/C22H28N2O2S/c1-16(2)24-8-7-21(15-24)26-20-6-5-17-13-19(4-3-18(17)14-20)22(25)23-9-11-27-12-10-23/h3-6,13-14,16,21H,7-12,15H2,1-2H3. The molecule has 4 nitrogen and oxygen atoms in total. The zero-order valence-electron chi connectivity index (χ0n) is 16.2. The number of hydrogen-bond acceptors (Lipinski definition) is 4. The molecule has 1 atom stereocenters. The Balaban J connectivity index is 1.46. The number of rotatable bonds is 4. The second-order valence-electron chi connectivity index (χ2n) is 7.75. The molecule has 1 unspecified atom stereocenters. The molecule has 0 saturated carbocycles. The Labute approximate surface area is 165 Å². The summed E-state index contributed by atoms with van der Waals surface area (Å²) in [5, 5.41) is 2.21. The van der Waals surface area contributed by atoms with Gasteiger partial charge in [0, 0.05) is 49.3 Å². The van der Waals surface area contributed by atoms with Gasteiger partial charge in [0.1, 0.15) is 11.9 Å². The van der Waals surface area contributed by atoms with Gasteiger partial charge < -0.3 is 9.64 Å². The number of carbonyl (C=O) groups is 1. The molecule has 4 rings (SSSR count). The topological polar surface area (TPSA) is 32.8 Å². The summed E-state index contributed by atoms with van der Waals surface area (Å²) in [5.41, 5.74) is 0.784. The summed E-state index contributed by atoms with van der Waals surface area (Å²) in [7, 11) is 0. The lowest BCUT2D eigenvalue weighted by molar-refractivity contribution is 0.0772. The van der Waals surface area contributed by atoms with Crippen LogP contribution >= 0.6 is 11.8 Å². The van der Waals surface area contributed by atoms with Gasteiger partial charge in [-0.3, -0.25) is 9.69 Å². The first-order chi connectivity index (χ1) is 13.1. The molecule has 144 valence electrons. The molecule has 0 aromatic heterocycles. The summed E-state index contributed by atoms with van der Waals surface area (Å²) in [4.78, 5) is 17.1. The largest absolute Gasteiger partial charge is 0.489 e. The zero-order chi connectivity index (χ0) is 18.8. The number of benzene rings is 2. The fraction of sp³-hybridized carbons (Fsp3) is 0.500. The van der Waals surface area contributed by atoms with Gasteiger partial charge in [-0.05, 0) is 55.3 Å². The second-order valence-corrected chi connectivity index (χ2v) is 8.97. The van der Waals surface area contributed by atoms with Crippen LogP contribution in [-0.4, -0.2) is 65.5 Å². The van der Waals surface area contributed by atoms with Gasteiger partial charge in [0.05, 0.1) is 0 Å². The minimum absolute atomic E-state index is 0.150. The van der Waals surface area contributed by atoms with Crippen molar-refractivity contribution in [2.75, 3.05) is 37.7 Å². The Hall–Kier alpha value is -1.72. The van der Waals surface area contributed by atoms with E-state index in [0.29, 0.717) is 6.04 Å². The Morgan fingerprint density at radius 3 is 2.56 bits per heavy atom. The van der Waals surface area contributed by atoms with Crippen molar-refractivity contribution in [3.8, 4) is 5.75 Å². The molecule has 27 heavy (non-hydrogen) atoms. The van der Waals surface area contributed by atoms with Crippen LogP contribution in [0, 0.1) is 0 Å². The van der Waals surface area contributed by atoms with Crippen LogP contribution in [-0.2, 0) is 0 Å². The average Bonchev–Trinajstić information content (AvgIpc) is 3.16. The maximum Gasteiger partial charge on any atom is 0.253 e. The van der Waals surface area contributed by atoms with Gasteiger partial charge in [-0.2, -0.15) is 11.8 Å². The highest BCUT2D eigenvalue weighted by Gasteiger charge is 2.25. The second kappa shape index (κ2) is 8.11. The van der Waals surface area contributed by atoms with E-state index in [1.807, 2.05) is 40.9 Å². The predicted octanol–water partition coefficient (Wildman–Crippen LogP) is 3.89. The molecule has 0 radical (unpaired) electrons. The summed E-state index contributed by atoms with van der Waals surface area (Å²) in [6, 6.07) is 12.8. The quantitative estimate of drug-likeness (QED) is 0.801. The third kappa shape index (κ3) is 4.25. The van der Waals surface area contributed by atoms with Gasteiger partial charge in [-0.1, -0.05) is 12.1 Å². The third-order valence-electron chi connectivity index (χ3n) is 5.57. The van der Waals surface area contributed by atoms with E-state index in [9.17, 15) is 4.79 Å². The molecule has 2 saturated heterocycles. The lowest BCUT2D eigenvalue weighted by Crippen LogP contribution is -2.37. The maximum absolute atomic E-state index is 12.7. The highest BCUT2D eigenvalue weighted by Crippen LogP contribution is 2.26. The zero-order valence-corrected chi connectivity index (χ0v) is 17.0. The highest BCUT2D eigenvalue weighted by atomic mass is 32.2. The van der Waals surface area contributed by atoms with Crippen molar-refractivity contribution in [3.05, 3.63) is 42.0 Å². The summed E-state index contributed by atoms with van der Waals surface area (Å²) in [6.07, 6.45) is 1.35. The Morgan fingerprint density at radius 1 is 1.07 bits per heavy atom. The lowest BCUT2D eigenvalue weighted by Gasteiger charge is -2.26. The first-order valence-electron chi connectivity index (χ1n) is 9.92. The Bertz CT molecular complexity index is 817. The Morgan fingerprint density at radius 2 is 1.81 bits per heavy atom. The summed E-state index contributed by atoms with van der Waals surface area (Å²) in [5.74, 6) is 3.15. The van der Waals surface area contributed by atoms with E-state index in [-0.39, 0.29) is 12.0 Å². The van der Waals surface area contributed by atoms with E-state index < -0.39 is 0 Å². The van der Waals surface area contributed by atoms with Crippen molar-refractivity contribution in [1.82, 2.24) is 9.80 Å². The van der Waals surface area contributed by atoms with Crippen molar-refractivity contribution in [2.24, 2.45) is 0 Å². The van der Waals surface area contributed by atoms with Gasteiger partial charge in [0.15, 0.2) is 0 Å². The fourth-order valence-corrected chi connectivity index (χ4v) is 4.79.